The Balaban J connectivity index is 2.20. The molecule has 0 fully saturated rings. The number of nitrogens with one attached hydrogen (secondary N) is 1. The third kappa shape index (κ3) is 4.40. The molecule has 1 aliphatic heterocycles. The Morgan fingerprint density at radius 1 is 1.07 bits per heavy atom. The summed E-state index contributed by atoms with van der Waals surface area (Å²) in [7, 11) is -7.49. The number of amidine groups is 1. The second-order valence-electron chi connectivity index (χ2n) is 5.66. The quantitative estimate of drug-likeness (QED) is 0.688. The van der Waals surface area contributed by atoms with E-state index in [4.69, 9.17) is 5.14 Å². The normalized spacial score (nSPS) is 14.3. The van der Waals surface area contributed by atoms with Crippen LogP contribution in [0.4, 0.5) is 5.69 Å². The Morgan fingerprint density at radius 2 is 1.74 bits per heavy atom. The number of nitrogens with zero attached hydrogens (tertiary/aromatic N) is 3. The van der Waals surface area contributed by atoms with E-state index in [1.165, 1.54) is 0 Å². The Bertz CT molecular complexity index is 1170. The molecule has 0 saturated heterocycles. The van der Waals surface area contributed by atoms with E-state index in [1.54, 1.807) is 36.4 Å². The van der Waals surface area contributed by atoms with Crippen LogP contribution in [0.3, 0.4) is 0 Å². The lowest BCUT2D eigenvalue weighted by atomic mass is 9.98. The summed E-state index contributed by atoms with van der Waals surface area (Å²) in [6.45, 7) is 0.0998. The van der Waals surface area contributed by atoms with Gasteiger partial charge in [-0.25, -0.2) is 27.0 Å². The predicted molar refractivity (Wildman–Crippen MR) is 106 cm³/mol. The van der Waals surface area contributed by atoms with Crippen LogP contribution in [0.2, 0.25) is 0 Å². The molecular formula is C15H14BrN5O4S2. The zero-order valence-electron chi connectivity index (χ0n) is 13.9. The minimum atomic E-state index is -4.09. The van der Waals surface area contributed by atoms with Crippen LogP contribution in [-0.2, 0) is 20.0 Å². The summed E-state index contributed by atoms with van der Waals surface area (Å²) < 4.78 is 49.7. The van der Waals surface area contributed by atoms with Crippen molar-refractivity contribution < 1.29 is 16.8 Å². The largest absolute Gasteiger partial charge is 0.284 e. The molecule has 0 unspecified atom stereocenters. The van der Waals surface area contributed by atoms with E-state index in [0.717, 1.165) is 6.26 Å². The molecule has 27 heavy (non-hydrogen) atoms. The number of aliphatic imine (C=N–C) groups is 1. The van der Waals surface area contributed by atoms with Gasteiger partial charge in [-0.15, -0.1) is 5.11 Å². The molecule has 1 heterocycles. The van der Waals surface area contributed by atoms with Crippen LogP contribution in [0, 0.1) is 0 Å². The monoisotopic (exact) mass is 471 g/mol. The highest BCUT2D eigenvalue weighted by Gasteiger charge is 2.26. The Kier molecular flexibility index (Phi) is 5.16. The van der Waals surface area contributed by atoms with Gasteiger partial charge in [0.05, 0.1) is 6.26 Å². The molecule has 1 aliphatic rings. The fraction of sp³-hybridized carbons (Fsp3) is 0.133. The molecule has 0 bridgehead atoms. The average molecular weight is 472 g/mol. The van der Waals surface area contributed by atoms with Crippen molar-refractivity contribution in [3.63, 3.8) is 0 Å². The van der Waals surface area contributed by atoms with Gasteiger partial charge in [0.2, 0.25) is 20.0 Å². The van der Waals surface area contributed by atoms with E-state index in [0.29, 0.717) is 16.8 Å². The summed E-state index contributed by atoms with van der Waals surface area (Å²) in [4.78, 5) is 3.98. The van der Waals surface area contributed by atoms with E-state index < -0.39 is 20.0 Å². The van der Waals surface area contributed by atoms with Crippen LogP contribution in [0.5, 0.6) is 0 Å². The van der Waals surface area contributed by atoms with Crippen molar-refractivity contribution in [1.29, 1.82) is 0 Å². The number of hydrogen-bond acceptors (Lipinski definition) is 7. The standard InChI is InChI=1S/C15H14BrN5O4S2/c1-26(22,23)21-10-4-2-9(3-5-10)11-6-7-12(16)14(27(17,24)25)13(11)15-18-8-19-20-15/h2-7,21H,8H2,1H3,(H2,17,24,25). The molecule has 0 saturated carbocycles. The minimum Gasteiger partial charge on any atom is -0.284 e. The number of rotatable bonds is 5. The Morgan fingerprint density at radius 3 is 2.26 bits per heavy atom. The zero-order chi connectivity index (χ0) is 19.8. The number of sulfonamides is 2. The lowest BCUT2D eigenvalue weighted by Gasteiger charge is -2.14. The molecule has 142 valence electrons. The highest BCUT2D eigenvalue weighted by Crippen LogP contribution is 2.35. The summed E-state index contributed by atoms with van der Waals surface area (Å²) in [5.41, 5.74) is 1.76. The molecule has 0 aliphatic carbocycles. The highest BCUT2D eigenvalue weighted by molar-refractivity contribution is 9.10. The van der Waals surface area contributed by atoms with Crippen molar-refractivity contribution in [3.05, 3.63) is 46.4 Å². The lowest BCUT2D eigenvalue weighted by Crippen LogP contribution is -2.18. The van der Waals surface area contributed by atoms with Gasteiger partial charge in [0.1, 0.15) is 4.90 Å². The topological polar surface area (TPSA) is 143 Å². The van der Waals surface area contributed by atoms with Gasteiger partial charge in [-0.2, -0.15) is 5.11 Å². The number of benzene rings is 2. The van der Waals surface area contributed by atoms with Gasteiger partial charge in [0.15, 0.2) is 12.5 Å². The zero-order valence-corrected chi connectivity index (χ0v) is 17.1. The van der Waals surface area contributed by atoms with E-state index in [9.17, 15) is 16.8 Å². The van der Waals surface area contributed by atoms with Crippen molar-refractivity contribution in [2.75, 3.05) is 17.6 Å². The summed E-state index contributed by atoms with van der Waals surface area (Å²) in [5.74, 6) is 0.161. The van der Waals surface area contributed by atoms with Gasteiger partial charge in [-0.05, 0) is 45.3 Å². The van der Waals surface area contributed by atoms with Gasteiger partial charge in [-0.1, -0.05) is 18.2 Å². The molecule has 12 heteroatoms. The maximum Gasteiger partial charge on any atom is 0.239 e. The second kappa shape index (κ2) is 7.11. The first kappa shape index (κ1) is 19.6. The first-order valence-electron chi connectivity index (χ1n) is 7.42. The number of primary sulfonamides is 1. The van der Waals surface area contributed by atoms with Crippen molar-refractivity contribution in [2.45, 2.75) is 4.90 Å². The molecule has 0 atom stereocenters. The summed E-state index contributed by atoms with van der Waals surface area (Å²) in [6, 6.07) is 9.70. The molecule has 2 aromatic rings. The van der Waals surface area contributed by atoms with E-state index in [1.807, 2.05) is 0 Å². The molecular weight excluding hydrogens is 458 g/mol. The summed E-state index contributed by atoms with van der Waals surface area (Å²) in [6.07, 6.45) is 1.05. The first-order chi connectivity index (χ1) is 12.6. The van der Waals surface area contributed by atoms with Gasteiger partial charge in [0, 0.05) is 15.7 Å². The minimum absolute atomic E-state index is 0.0998. The maximum atomic E-state index is 12.2. The fourth-order valence-electron chi connectivity index (χ4n) is 2.59. The second-order valence-corrected chi connectivity index (χ2v) is 9.76. The van der Waals surface area contributed by atoms with Crippen LogP contribution in [0.25, 0.3) is 11.1 Å². The Hall–Kier alpha value is -2.15. The molecule has 3 rings (SSSR count). The van der Waals surface area contributed by atoms with Gasteiger partial charge < -0.3 is 0 Å². The smallest absolute Gasteiger partial charge is 0.239 e. The number of nitrogens with two attached hydrogens (primary N) is 1. The van der Waals surface area contributed by atoms with Crippen molar-refractivity contribution in [2.24, 2.45) is 20.4 Å². The average Bonchev–Trinajstić information content (AvgIpc) is 3.07. The van der Waals surface area contributed by atoms with E-state index in [-0.39, 0.29) is 27.4 Å². The van der Waals surface area contributed by atoms with Crippen molar-refractivity contribution >= 4 is 47.5 Å². The van der Waals surface area contributed by atoms with Gasteiger partial charge >= 0.3 is 0 Å². The van der Waals surface area contributed by atoms with Crippen molar-refractivity contribution in [1.82, 2.24) is 0 Å². The first-order valence-corrected chi connectivity index (χ1v) is 11.7. The fourth-order valence-corrected chi connectivity index (χ4v) is 4.98. The highest BCUT2D eigenvalue weighted by atomic mass is 79.9. The SMILES string of the molecule is CS(=O)(=O)Nc1ccc(-c2ccc(Br)c(S(N)(=O)=O)c2C2=NCN=N2)cc1. The number of azo groups is 1. The number of anilines is 1. The van der Waals surface area contributed by atoms with Crippen LogP contribution in [0.1, 0.15) is 5.56 Å². The van der Waals surface area contributed by atoms with E-state index in [2.05, 4.69) is 35.9 Å². The van der Waals surface area contributed by atoms with Crippen LogP contribution in [0.15, 0.2) is 61.0 Å². The van der Waals surface area contributed by atoms with Crippen LogP contribution < -0.4 is 9.86 Å². The lowest BCUT2D eigenvalue weighted by molar-refractivity contribution is 0.597. The predicted octanol–water partition coefficient (Wildman–Crippen LogP) is 2.30. The summed E-state index contributed by atoms with van der Waals surface area (Å²) in [5, 5.41) is 13.1. The van der Waals surface area contributed by atoms with Gasteiger partial charge in [-0.3, -0.25) is 4.72 Å². The van der Waals surface area contributed by atoms with Crippen molar-refractivity contribution in [3.8, 4) is 11.1 Å². The maximum absolute atomic E-state index is 12.2. The molecule has 0 aromatic heterocycles. The number of hydrogen-bond donors (Lipinski definition) is 2. The molecule has 3 N–H and O–H groups in total. The third-order valence-electron chi connectivity index (χ3n) is 3.57. The molecule has 9 nitrogen and oxygen atoms in total. The Labute approximate surface area is 164 Å². The van der Waals surface area contributed by atoms with Crippen LogP contribution >= 0.6 is 15.9 Å². The molecule has 0 radical (unpaired) electrons. The van der Waals surface area contributed by atoms with Gasteiger partial charge in [0.25, 0.3) is 0 Å². The third-order valence-corrected chi connectivity index (χ3v) is 6.09. The molecule has 0 amide bonds. The molecule has 0 spiro atoms. The van der Waals surface area contributed by atoms with E-state index >= 15 is 0 Å². The summed E-state index contributed by atoms with van der Waals surface area (Å²) >= 11 is 3.22. The van der Waals surface area contributed by atoms with Crippen LogP contribution in [-0.4, -0.2) is 35.6 Å². The number of halogens is 1. The molecule has 2 aromatic carbocycles.